The summed E-state index contributed by atoms with van der Waals surface area (Å²) in [6.07, 6.45) is 1.27. The Labute approximate surface area is 172 Å². The SMILES string of the molecule is COc1ccc(S(=O)(=O)N2CCOCC2)cc1NC(=O)c1cnc(Cl)c(Cl)c1. The number of nitrogens with zero attached hydrogens (tertiary/aromatic N) is 2. The summed E-state index contributed by atoms with van der Waals surface area (Å²) in [5, 5.41) is 2.83. The van der Waals surface area contributed by atoms with Crippen molar-refractivity contribution in [3.8, 4) is 5.75 Å². The molecule has 0 saturated carbocycles. The van der Waals surface area contributed by atoms with Gasteiger partial charge in [-0.3, -0.25) is 4.79 Å². The van der Waals surface area contributed by atoms with Crippen LogP contribution in [-0.2, 0) is 14.8 Å². The first-order valence-electron chi connectivity index (χ1n) is 8.21. The predicted molar refractivity (Wildman–Crippen MR) is 105 cm³/mol. The molecule has 0 bridgehead atoms. The van der Waals surface area contributed by atoms with Crippen LogP contribution in [0.3, 0.4) is 0 Å². The highest BCUT2D eigenvalue weighted by atomic mass is 35.5. The average Bonchev–Trinajstić information content (AvgIpc) is 2.70. The first kappa shape index (κ1) is 20.8. The number of carbonyl (C=O) groups is 1. The van der Waals surface area contributed by atoms with Crippen molar-refractivity contribution in [3.63, 3.8) is 0 Å². The van der Waals surface area contributed by atoms with E-state index in [1.165, 1.54) is 41.9 Å². The van der Waals surface area contributed by atoms with Gasteiger partial charge in [-0.2, -0.15) is 4.31 Å². The van der Waals surface area contributed by atoms with Crippen molar-refractivity contribution in [1.29, 1.82) is 0 Å². The number of anilines is 1. The highest BCUT2D eigenvalue weighted by Gasteiger charge is 2.27. The molecular weight excluding hydrogens is 429 g/mol. The van der Waals surface area contributed by atoms with Gasteiger partial charge in [0.25, 0.3) is 5.91 Å². The third kappa shape index (κ3) is 4.39. The summed E-state index contributed by atoms with van der Waals surface area (Å²) in [4.78, 5) is 16.4. The van der Waals surface area contributed by atoms with Crippen LogP contribution in [0.2, 0.25) is 10.2 Å². The van der Waals surface area contributed by atoms with Gasteiger partial charge in [0.05, 0.1) is 41.5 Å². The minimum atomic E-state index is -3.73. The monoisotopic (exact) mass is 445 g/mol. The maximum atomic E-state index is 12.9. The molecule has 1 aromatic heterocycles. The van der Waals surface area contributed by atoms with Crippen LogP contribution in [0.15, 0.2) is 35.4 Å². The second-order valence-electron chi connectivity index (χ2n) is 5.83. The Morgan fingerprint density at radius 2 is 1.96 bits per heavy atom. The largest absolute Gasteiger partial charge is 0.495 e. The van der Waals surface area contributed by atoms with E-state index in [2.05, 4.69) is 10.3 Å². The lowest BCUT2D eigenvalue weighted by Crippen LogP contribution is -2.40. The zero-order valence-corrected chi connectivity index (χ0v) is 17.1. The number of carbonyl (C=O) groups excluding carboxylic acids is 1. The lowest BCUT2D eigenvalue weighted by molar-refractivity contribution is 0.0730. The highest BCUT2D eigenvalue weighted by Crippen LogP contribution is 2.30. The standard InChI is InChI=1S/C17H17Cl2N3O5S/c1-26-15-3-2-12(28(24,25)22-4-6-27-7-5-22)9-14(15)21-17(23)11-8-13(18)16(19)20-10-11/h2-3,8-10H,4-7H2,1H3,(H,21,23). The molecule has 3 rings (SSSR count). The molecule has 1 amide bonds. The molecule has 8 nitrogen and oxygen atoms in total. The van der Waals surface area contributed by atoms with Crippen LogP contribution >= 0.6 is 23.2 Å². The zero-order valence-electron chi connectivity index (χ0n) is 14.8. The summed E-state index contributed by atoms with van der Waals surface area (Å²) in [5.41, 5.74) is 0.366. The van der Waals surface area contributed by atoms with Crippen molar-refractivity contribution in [2.75, 3.05) is 38.7 Å². The number of benzene rings is 1. The van der Waals surface area contributed by atoms with Crippen LogP contribution in [0.25, 0.3) is 0 Å². The molecule has 0 radical (unpaired) electrons. The third-order valence-electron chi connectivity index (χ3n) is 4.09. The number of nitrogens with one attached hydrogen (secondary N) is 1. The molecule has 0 atom stereocenters. The van der Waals surface area contributed by atoms with Gasteiger partial charge in [0.2, 0.25) is 10.0 Å². The maximum Gasteiger partial charge on any atom is 0.257 e. The molecule has 0 unspecified atom stereocenters. The highest BCUT2D eigenvalue weighted by molar-refractivity contribution is 7.89. The summed E-state index contributed by atoms with van der Waals surface area (Å²) < 4.78 is 37.5. The van der Waals surface area contributed by atoms with Gasteiger partial charge in [0.15, 0.2) is 0 Å². The number of amides is 1. The number of hydrogen-bond acceptors (Lipinski definition) is 6. The number of methoxy groups -OCH3 is 1. The van der Waals surface area contributed by atoms with Gasteiger partial charge in [-0.15, -0.1) is 0 Å². The molecule has 2 heterocycles. The number of sulfonamides is 1. The van der Waals surface area contributed by atoms with E-state index in [-0.39, 0.29) is 39.4 Å². The molecule has 1 aliphatic rings. The molecular formula is C17H17Cl2N3O5S. The topological polar surface area (TPSA) is 97.8 Å². The minimum absolute atomic E-state index is 0.0396. The van der Waals surface area contributed by atoms with Crippen molar-refractivity contribution in [3.05, 3.63) is 46.2 Å². The molecule has 1 N–H and O–H groups in total. The van der Waals surface area contributed by atoms with Crippen LogP contribution in [0.4, 0.5) is 5.69 Å². The Hall–Kier alpha value is -1.91. The quantitative estimate of drug-likeness (QED) is 0.710. The number of ether oxygens (including phenoxy) is 2. The second-order valence-corrected chi connectivity index (χ2v) is 8.53. The fourth-order valence-electron chi connectivity index (χ4n) is 2.62. The van der Waals surface area contributed by atoms with Crippen molar-refractivity contribution in [1.82, 2.24) is 9.29 Å². The Balaban J connectivity index is 1.90. The van der Waals surface area contributed by atoms with Crippen LogP contribution in [-0.4, -0.2) is 57.0 Å². The van der Waals surface area contributed by atoms with Crippen LogP contribution in [0.5, 0.6) is 5.75 Å². The number of pyridine rings is 1. The van der Waals surface area contributed by atoms with E-state index in [0.29, 0.717) is 19.0 Å². The van der Waals surface area contributed by atoms with Crippen molar-refractivity contribution < 1.29 is 22.7 Å². The average molecular weight is 446 g/mol. The van der Waals surface area contributed by atoms with Gasteiger partial charge in [-0.25, -0.2) is 13.4 Å². The van der Waals surface area contributed by atoms with Crippen LogP contribution in [0, 0.1) is 0 Å². The maximum absolute atomic E-state index is 12.9. The Bertz CT molecular complexity index is 994. The number of rotatable bonds is 5. The van der Waals surface area contributed by atoms with Crippen LogP contribution in [0.1, 0.15) is 10.4 Å². The van der Waals surface area contributed by atoms with Gasteiger partial charge in [0.1, 0.15) is 10.9 Å². The number of aromatic nitrogens is 1. The van der Waals surface area contributed by atoms with Gasteiger partial charge >= 0.3 is 0 Å². The lowest BCUT2D eigenvalue weighted by Gasteiger charge is -2.26. The van der Waals surface area contributed by atoms with Gasteiger partial charge < -0.3 is 14.8 Å². The fourth-order valence-corrected chi connectivity index (χ4v) is 4.33. The Kier molecular flexibility index (Phi) is 6.41. The van der Waals surface area contributed by atoms with E-state index in [1.807, 2.05) is 0 Å². The molecule has 1 saturated heterocycles. The molecule has 28 heavy (non-hydrogen) atoms. The number of morpholine rings is 1. The molecule has 11 heteroatoms. The number of halogens is 2. The van der Waals surface area contributed by atoms with E-state index in [9.17, 15) is 13.2 Å². The zero-order chi connectivity index (χ0) is 20.3. The molecule has 2 aromatic rings. The van der Waals surface area contributed by atoms with Gasteiger partial charge in [-0.05, 0) is 24.3 Å². The second kappa shape index (κ2) is 8.62. The molecule has 1 aromatic carbocycles. The molecule has 0 aliphatic carbocycles. The van der Waals surface area contributed by atoms with Crippen molar-refractivity contribution >= 4 is 44.8 Å². The lowest BCUT2D eigenvalue weighted by atomic mass is 10.2. The normalized spacial score (nSPS) is 15.2. The third-order valence-corrected chi connectivity index (χ3v) is 6.67. The van der Waals surface area contributed by atoms with Gasteiger partial charge in [-0.1, -0.05) is 23.2 Å². The summed E-state index contributed by atoms with van der Waals surface area (Å²) in [6, 6.07) is 5.63. The predicted octanol–water partition coefficient (Wildman–Crippen LogP) is 2.67. The molecule has 150 valence electrons. The summed E-state index contributed by atoms with van der Waals surface area (Å²) in [6.45, 7) is 1.21. The molecule has 1 fully saturated rings. The molecule has 1 aliphatic heterocycles. The van der Waals surface area contributed by atoms with Crippen molar-refractivity contribution in [2.45, 2.75) is 4.90 Å². The van der Waals surface area contributed by atoms with E-state index in [0.717, 1.165) is 0 Å². The van der Waals surface area contributed by atoms with Crippen molar-refractivity contribution in [2.24, 2.45) is 0 Å². The Morgan fingerprint density at radius 3 is 2.61 bits per heavy atom. The van der Waals surface area contributed by atoms with E-state index in [1.54, 1.807) is 0 Å². The Morgan fingerprint density at radius 1 is 1.25 bits per heavy atom. The smallest absolute Gasteiger partial charge is 0.257 e. The fraction of sp³-hybridized carbons (Fsp3) is 0.294. The number of hydrogen-bond donors (Lipinski definition) is 1. The molecule has 0 spiro atoms. The minimum Gasteiger partial charge on any atom is -0.495 e. The first-order chi connectivity index (χ1) is 13.3. The summed E-state index contributed by atoms with van der Waals surface area (Å²) in [5.74, 6) is -0.229. The van der Waals surface area contributed by atoms with Gasteiger partial charge in [0, 0.05) is 19.3 Å². The first-order valence-corrected chi connectivity index (χ1v) is 10.4. The van der Waals surface area contributed by atoms with E-state index in [4.69, 9.17) is 32.7 Å². The summed E-state index contributed by atoms with van der Waals surface area (Å²) in [7, 11) is -2.31. The van der Waals surface area contributed by atoms with E-state index >= 15 is 0 Å². The van der Waals surface area contributed by atoms with E-state index < -0.39 is 15.9 Å². The van der Waals surface area contributed by atoms with Crippen LogP contribution < -0.4 is 10.1 Å². The summed E-state index contributed by atoms with van der Waals surface area (Å²) >= 11 is 11.7.